The Morgan fingerprint density at radius 2 is 2.06 bits per heavy atom. The summed E-state index contributed by atoms with van der Waals surface area (Å²) in [6.07, 6.45) is 7.55. The van der Waals surface area contributed by atoms with E-state index in [-0.39, 0.29) is 38.5 Å². The maximum atomic E-state index is 9.83. The number of aromatic amines is 1. The molecule has 0 aromatic carbocycles. The number of nitrogens with one attached hydrogen (secondary N) is 1. The average Bonchev–Trinajstić information content (AvgIpc) is 3.06. The second-order valence-electron chi connectivity index (χ2n) is 4.41. The van der Waals surface area contributed by atoms with Gasteiger partial charge in [0.1, 0.15) is 12.0 Å². The Labute approximate surface area is 126 Å². The molecular formula is C13H17N2OU+. The fraction of sp³-hybridized carbons (Fsp3) is 0.385. The number of aliphatic hydroxyl groups excluding tert-OH is 1. The number of pyridine rings is 1. The molecule has 1 heterocycles. The van der Waals surface area contributed by atoms with Gasteiger partial charge in [0.15, 0.2) is 5.69 Å². The maximum absolute atomic E-state index is 9.83. The molecule has 0 amide bonds. The molecule has 3 rings (SSSR count). The summed E-state index contributed by atoms with van der Waals surface area (Å²) >= 11 is 0. The average molecular weight is 455 g/mol. The number of hydrogen-bond donors (Lipinski definition) is 2. The van der Waals surface area contributed by atoms with Gasteiger partial charge in [0.2, 0.25) is 0 Å². The molecule has 2 saturated carbocycles. The van der Waals surface area contributed by atoms with Gasteiger partial charge < -0.3 is 23.3 Å². The van der Waals surface area contributed by atoms with Crippen LogP contribution in [-0.4, -0.2) is 5.11 Å². The number of rotatable bonds is 2. The van der Waals surface area contributed by atoms with E-state index in [4.69, 9.17) is 5.73 Å². The molecule has 0 atom stereocenters. The van der Waals surface area contributed by atoms with E-state index in [1.807, 2.05) is 6.07 Å². The van der Waals surface area contributed by atoms with Crippen LogP contribution in [0, 0.1) is 44.7 Å². The second kappa shape index (κ2) is 5.46. The zero-order chi connectivity index (χ0) is 10.4. The summed E-state index contributed by atoms with van der Waals surface area (Å²) in [5.74, 6) is 0.958. The number of anilines is 1. The van der Waals surface area contributed by atoms with Crippen molar-refractivity contribution in [1.29, 1.82) is 0 Å². The fourth-order valence-corrected chi connectivity index (χ4v) is 1.77. The maximum Gasteiger partial charge on any atom is 2.00 e. The minimum absolute atomic E-state index is 0. The normalized spacial score (nSPS) is 16.8. The molecule has 2 aliphatic carbocycles. The molecule has 0 unspecified atom stereocenters. The zero-order valence-corrected chi connectivity index (χ0v) is 14.2. The molecule has 0 spiro atoms. The van der Waals surface area contributed by atoms with Crippen LogP contribution in [-0.2, 0) is 0 Å². The van der Waals surface area contributed by atoms with Gasteiger partial charge in [-0.05, 0) is 42.9 Å². The number of aliphatic hydroxyl groups is 1. The van der Waals surface area contributed by atoms with Crippen molar-refractivity contribution in [2.24, 2.45) is 0 Å². The van der Waals surface area contributed by atoms with Crippen LogP contribution in [0.1, 0.15) is 42.9 Å². The number of nitrogens with two attached hydrogens (primary N) is 1. The van der Waals surface area contributed by atoms with E-state index in [1.54, 1.807) is 0 Å². The van der Waals surface area contributed by atoms with Gasteiger partial charge in [0.25, 0.3) is 0 Å². The van der Waals surface area contributed by atoms with Crippen LogP contribution < -0.4 is 10.7 Å². The summed E-state index contributed by atoms with van der Waals surface area (Å²) in [6.45, 7) is 0. The fourth-order valence-electron chi connectivity index (χ4n) is 1.77. The summed E-state index contributed by atoms with van der Waals surface area (Å²) in [4.78, 5) is 2.99. The van der Waals surface area contributed by atoms with Crippen molar-refractivity contribution in [3.8, 4) is 0 Å². The Kier molecular flexibility index (Phi) is 4.69. The van der Waals surface area contributed by atoms with Gasteiger partial charge in [-0.3, -0.25) is 0 Å². The molecule has 4 N–H and O–H groups in total. The van der Waals surface area contributed by atoms with E-state index in [1.165, 1.54) is 12.8 Å². The Morgan fingerprint density at radius 1 is 1.41 bits per heavy atom. The summed E-state index contributed by atoms with van der Waals surface area (Å²) in [5, 5.41) is 9.83. The van der Waals surface area contributed by atoms with E-state index in [2.05, 4.69) is 11.2 Å². The topological polar surface area (TPSA) is 60.4 Å². The largest absolute Gasteiger partial charge is 2.00 e. The van der Waals surface area contributed by atoms with Gasteiger partial charge in [0, 0.05) is 0 Å². The molecule has 2 aliphatic rings. The van der Waals surface area contributed by atoms with Crippen LogP contribution in [0.15, 0.2) is 11.6 Å². The van der Waals surface area contributed by atoms with Gasteiger partial charge in [-0.1, -0.05) is 5.56 Å². The second-order valence-corrected chi connectivity index (χ2v) is 4.41. The van der Waals surface area contributed by atoms with Gasteiger partial charge in [-0.2, -0.15) is 0 Å². The molecule has 2 fully saturated rings. The third-order valence-electron chi connectivity index (χ3n) is 3.02. The predicted octanol–water partition coefficient (Wildman–Crippen LogP) is 2.27. The third kappa shape index (κ3) is 3.06. The Hall–Kier alpha value is -0.458. The van der Waals surface area contributed by atoms with E-state index >= 15 is 0 Å². The van der Waals surface area contributed by atoms with Crippen molar-refractivity contribution in [3.05, 3.63) is 36.5 Å². The van der Waals surface area contributed by atoms with Crippen molar-refractivity contribution in [2.45, 2.75) is 31.6 Å². The van der Waals surface area contributed by atoms with E-state index in [9.17, 15) is 5.11 Å². The summed E-state index contributed by atoms with van der Waals surface area (Å²) in [5.41, 5.74) is 9.40. The van der Waals surface area contributed by atoms with Crippen LogP contribution in [0.5, 0.6) is 0 Å². The van der Waals surface area contributed by atoms with Crippen LogP contribution in [0.3, 0.4) is 0 Å². The molecule has 4 heteroatoms. The Morgan fingerprint density at radius 3 is 2.53 bits per heavy atom. The molecule has 17 heavy (non-hydrogen) atoms. The van der Waals surface area contributed by atoms with Crippen molar-refractivity contribution in [2.75, 3.05) is 5.73 Å². The van der Waals surface area contributed by atoms with Gasteiger partial charge in [-0.15, -0.1) is 6.07 Å². The predicted molar refractivity (Wildman–Crippen MR) is 63.4 cm³/mol. The van der Waals surface area contributed by atoms with Crippen molar-refractivity contribution in [1.82, 2.24) is 0 Å². The Bertz CT molecular complexity index is 447. The van der Waals surface area contributed by atoms with E-state index in [0.29, 0.717) is 23.1 Å². The number of allylic oxidation sites excluding steroid dienone is 1. The van der Waals surface area contributed by atoms with Crippen LogP contribution in [0.2, 0.25) is 0 Å². The van der Waals surface area contributed by atoms with Crippen molar-refractivity contribution < 1.29 is 41.2 Å². The molecule has 0 saturated heterocycles. The van der Waals surface area contributed by atoms with Crippen LogP contribution >= 0.6 is 0 Å². The molecule has 0 bridgehead atoms. The number of H-pyrrole nitrogens is 1. The first-order valence-electron chi connectivity index (χ1n) is 5.40. The first kappa shape index (κ1) is 14.6. The molecular weight excluding hydrogens is 438 g/mol. The smallest absolute Gasteiger partial charge is 0.514 e. The first-order chi connectivity index (χ1) is 7.25. The van der Waals surface area contributed by atoms with E-state index < -0.39 is 0 Å². The van der Waals surface area contributed by atoms with Crippen LogP contribution in [0.25, 0.3) is 5.76 Å². The SMILES string of the molecule is Nc1cc(C2CC2)[c-][nH+]c1C(O)=C1CC1.[CH3-].[U+2]. The van der Waals surface area contributed by atoms with Crippen molar-refractivity contribution in [3.63, 3.8) is 0 Å². The van der Waals surface area contributed by atoms with Crippen LogP contribution in [0.4, 0.5) is 5.69 Å². The minimum Gasteiger partial charge on any atom is -0.514 e. The minimum atomic E-state index is 0. The molecule has 3 nitrogen and oxygen atoms in total. The van der Waals surface area contributed by atoms with E-state index in [0.717, 1.165) is 24.0 Å². The summed E-state index contributed by atoms with van der Waals surface area (Å²) in [6, 6.07) is 1.93. The molecule has 1 aromatic heterocycles. The Balaban J connectivity index is 0.000000722. The standard InChI is InChI=1S/C12H14N2O.CH3.U/c13-10-5-9(7-1-2-7)6-14-11(10)12(15)8-3-4-8;;/h5,7,14-15H,1-4,13H2;1H3;/q;-1;+2. The zero-order valence-electron chi connectivity index (χ0n) is 10.0. The third-order valence-corrected chi connectivity index (χ3v) is 3.02. The molecule has 88 valence electrons. The molecule has 0 aliphatic heterocycles. The van der Waals surface area contributed by atoms with Crippen molar-refractivity contribution >= 4 is 11.4 Å². The number of nitrogen functional groups attached to an aromatic ring is 1. The molecule has 1 aromatic rings. The number of hydrogen-bond acceptors (Lipinski definition) is 2. The quantitative estimate of drug-likeness (QED) is 0.531. The summed E-state index contributed by atoms with van der Waals surface area (Å²) in [7, 11) is 0. The first-order valence-corrected chi connectivity index (χ1v) is 5.40. The summed E-state index contributed by atoms with van der Waals surface area (Å²) < 4.78 is 0. The number of aromatic nitrogens is 1. The molecule has 0 radical (unpaired) electrons. The van der Waals surface area contributed by atoms with Gasteiger partial charge in [-0.25, -0.2) is 0 Å². The monoisotopic (exact) mass is 455 g/mol. The van der Waals surface area contributed by atoms with Gasteiger partial charge in [0.05, 0.1) is 0 Å². The van der Waals surface area contributed by atoms with Gasteiger partial charge >= 0.3 is 31.1 Å².